The van der Waals surface area contributed by atoms with Crippen LogP contribution in [-0.4, -0.2) is 10.5 Å². The van der Waals surface area contributed by atoms with Gasteiger partial charge in [-0.1, -0.05) is 6.07 Å². The first-order valence-corrected chi connectivity index (χ1v) is 6.06. The van der Waals surface area contributed by atoms with Crippen molar-refractivity contribution in [3.63, 3.8) is 0 Å². The summed E-state index contributed by atoms with van der Waals surface area (Å²) in [5, 5.41) is 2.43. The summed E-state index contributed by atoms with van der Waals surface area (Å²) in [4.78, 5) is 23.2. The molecule has 0 fully saturated rings. The molecular formula is C14H14FN3O2. The van der Waals surface area contributed by atoms with Crippen LogP contribution in [-0.2, 0) is 11.3 Å². The molecule has 2 aromatic rings. The summed E-state index contributed by atoms with van der Waals surface area (Å²) in [6.45, 7) is 0.232. The molecule has 2 rings (SSSR count). The van der Waals surface area contributed by atoms with Crippen molar-refractivity contribution in [1.82, 2.24) is 4.57 Å². The number of nitrogens with one attached hydrogen (secondary N) is 1. The molecular weight excluding hydrogens is 261 g/mol. The summed E-state index contributed by atoms with van der Waals surface area (Å²) < 4.78 is 14.8. The second-order valence-electron chi connectivity index (χ2n) is 4.27. The average molecular weight is 275 g/mol. The van der Waals surface area contributed by atoms with E-state index in [4.69, 9.17) is 5.73 Å². The van der Waals surface area contributed by atoms with Gasteiger partial charge in [0, 0.05) is 30.9 Å². The lowest BCUT2D eigenvalue weighted by molar-refractivity contribution is -0.116. The second kappa shape index (κ2) is 6.01. The van der Waals surface area contributed by atoms with E-state index in [1.807, 2.05) is 0 Å². The summed E-state index contributed by atoms with van der Waals surface area (Å²) >= 11 is 0. The van der Waals surface area contributed by atoms with E-state index in [9.17, 15) is 14.0 Å². The minimum Gasteiger partial charge on any atom is -0.399 e. The molecule has 0 saturated carbocycles. The van der Waals surface area contributed by atoms with E-state index >= 15 is 0 Å². The van der Waals surface area contributed by atoms with Crippen molar-refractivity contribution in [1.29, 1.82) is 0 Å². The maximum absolute atomic E-state index is 13.4. The standard InChI is InChI=1S/C14H14FN3O2/c15-11-5-4-10(16)9-12(11)17-13(19)6-8-18-7-2-1-3-14(18)20/h1-5,7,9H,6,8,16H2,(H,17,19). The van der Waals surface area contributed by atoms with Crippen LogP contribution in [0, 0.1) is 5.82 Å². The van der Waals surface area contributed by atoms with Gasteiger partial charge in [0.2, 0.25) is 5.91 Å². The summed E-state index contributed by atoms with van der Waals surface area (Å²) in [6.07, 6.45) is 1.66. The number of rotatable bonds is 4. The van der Waals surface area contributed by atoms with Crippen LogP contribution >= 0.6 is 0 Å². The van der Waals surface area contributed by atoms with Gasteiger partial charge in [0.25, 0.3) is 5.56 Å². The number of halogens is 1. The molecule has 0 unspecified atom stereocenters. The molecule has 20 heavy (non-hydrogen) atoms. The molecule has 1 aromatic carbocycles. The lowest BCUT2D eigenvalue weighted by Gasteiger charge is -2.08. The molecule has 0 aliphatic carbocycles. The fourth-order valence-electron chi connectivity index (χ4n) is 1.72. The van der Waals surface area contributed by atoms with Gasteiger partial charge in [-0.05, 0) is 24.3 Å². The summed E-state index contributed by atoms with van der Waals surface area (Å²) in [5.74, 6) is -0.935. The van der Waals surface area contributed by atoms with E-state index in [1.165, 1.54) is 28.8 Å². The Balaban J connectivity index is 1.98. The Hall–Kier alpha value is -2.63. The van der Waals surface area contributed by atoms with Crippen LogP contribution < -0.4 is 16.6 Å². The predicted octanol–water partition coefficient (Wildman–Crippen LogP) is 1.60. The second-order valence-corrected chi connectivity index (χ2v) is 4.27. The van der Waals surface area contributed by atoms with Gasteiger partial charge in [-0.2, -0.15) is 0 Å². The number of anilines is 2. The van der Waals surface area contributed by atoms with Crippen LogP contribution in [0.2, 0.25) is 0 Å². The molecule has 104 valence electrons. The highest BCUT2D eigenvalue weighted by molar-refractivity contribution is 5.91. The number of nitrogen functional groups attached to an aromatic ring is 1. The first-order chi connectivity index (χ1) is 9.56. The fourth-order valence-corrected chi connectivity index (χ4v) is 1.72. The third kappa shape index (κ3) is 3.44. The highest BCUT2D eigenvalue weighted by atomic mass is 19.1. The summed E-state index contributed by atoms with van der Waals surface area (Å²) in [5.41, 5.74) is 5.74. The number of hydrogen-bond acceptors (Lipinski definition) is 3. The van der Waals surface area contributed by atoms with E-state index in [0.29, 0.717) is 5.69 Å². The minimum atomic E-state index is -0.551. The maximum Gasteiger partial charge on any atom is 0.250 e. The molecule has 0 bridgehead atoms. The van der Waals surface area contributed by atoms with Crippen LogP contribution in [0.1, 0.15) is 6.42 Å². The normalized spacial score (nSPS) is 10.2. The van der Waals surface area contributed by atoms with E-state index in [1.54, 1.807) is 18.3 Å². The Labute approximate surface area is 114 Å². The van der Waals surface area contributed by atoms with Crippen LogP contribution in [0.3, 0.4) is 0 Å². The fraction of sp³-hybridized carbons (Fsp3) is 0.143. The zero-order valence-electron chi connectivity index (χ0n) is 10.7. The summed E-state index contributed by atoms with van der Waals surface area (Å²) in [6, 6.07) is 8.69. The highest BCUT2D eigenvalue weighted by Crippen LogP contribution is 2.17. The molecule has 0 atom stereocenters. The first kappa shape index (κ1) is 13.8. The molecule has 1 amide bonds. The van der Waals surface area contributed by atoms with Crippen molar-refractivity contribution < 1.29 is 9.18 Å². The first-order valence-electron chi connectivity index (χ1n) is 6.06. The Bertz CT molecular complexity index is 682. The van der Waals surface area contributed by atoms with Crippen molar-refractivity contribution in [2.24, 2.45) is 0 Å². The Morgan fingerprint density at radius 2 is 2.10 bits per heavy atom. The smallest absolute Gasteiger partial charge is 0.250 e. The summed E-state index contributed by atoms with van der Waals surface area (Å²) in [7, 11) is 0. The molecule has 5 nitrogen and oxygen atoms in total. The van der Waals surface area contributed by atoms with Crippen LogP contribution in [0.15, 0.2) is 47.4 Å². The number of hydrogen-bond donors (Lipinski definition) is 2. The third-order valence-electron chi connectivity index (χ3n) is 2.74. The van der Waals surface area contributed by atoms with Crippen molar-refractivity contribution in [2.75, 3.05) is 11.1 Å². The quantitative estimate of drug-likeness (QED) is 0.832. The van der Waals surface area contributed by atoms with Gasteiger partial charge < -0.3 is 15.6 Å². The minimum absolute atomic E-state index is 0.0374. The predicted molar refractivity (Wildman–Crippen MR) is 74.8 cm³/mol. The zero-order chi connectivity index (χ0) is 14.5. The van der Waals surface area contributed by atoms with Crippen molar-refractivity contribution in [3.8, 4) is 0 Å². The number of pyridine rings is 1. The number of carbonyl (C=O) groups excluding carboxylic acids is 1. The molecule has 1 aromatic heterocycles. The van der Waals surface area contributed by atoms with Gasteiger partial charge in [0.05, 0.1) is 5.69 Å². The van der Waals surface area contributed by atoms with Crippen molar-refractivity contribution in [3.05, 3.63) is 58.8 Å². The number of benzene rings is 1. The lowest BCUT2D eigenvalue weighted by Crippen LogP contribution is -2.22. The largest absolute Gasteiger partial charge is 0.399 e. The Morgan fingerprint density at radius 1 is 1.30 bits per heavy atom. The Kier molecular flexibility index (Phi) is 4.14. The molecule has 0 aliphatic heterocycles. The van der Waals surface area contributed by atoms with Gasteiger partial charge in [-0.15, -0.1) is 0 Å². The van der Waals surface area contributed by atoms with Crippen molar-refractivity contribution >= 4 is 17.3 Å². The maximum atomic E-state index is 13.4. The van der Waals surface area contributed by atoms with E-state index < -0.39 is 5.82 Å². The molecule has 0 saturated heterocycles. The van der Waals surface area contributed by atoms with E-state index in [0.717, 1.165) is 0 Å². The average Bonchev–Trinajstić information content (AvgIpc) is 2.42. The molecule has 0 radical (unpaired) electrons. The number of nitrogens with zero attached hydrogens (tertiary/aromatic N) is 1. The van der Waals surface area contributed by atoms with Gasteiger partial charge in [-0.25, -0.2) is 4.39 Å². The topological polar surface area (TPSA) is 77.1 Å². The third-order valence-corrected chi connectivity index (χ3v) is 2.74. The lowest BCUT2D eigenvalue weighted by atomic mass is 10.2. The zero-order valence-corrected chi connectivity index (χ0v) is 10.7. The number of nitrogens with two attached hydrogens (primary N) is 1. The van der Waals surface area contributed by atoms with Crippen LogP contribution in [0.4, 0.5) is 15.8 Å². The molecule has 1 heterocycles. The molecule has 0 spiro atoms. The SMILES string of the molecule is Nc1ccc(F)c(NC(=O)CCn2ccccc2=O)c1. The number of aryl methyl sites for hydroxylation is 1. The monoisotopic (exact) mass is 275 g/mol. The molecule has 3 N–H and O–H groups in total. The Morgan fingerprint density at radius 3 is 2.85 bits per heavy atom. The van der Waals surface area contributed by atoms with Gasteiger partial charge in [0.1, 0.15) is 5.82 Å². The highest BCUT2D eigenvalue weighted by Gasteiger charge is 2.07. The number of aromatic nitrogens is 1. The van der Waals surface area contributed by atoms with Crippen LogP contribution in [0.25, 0.3) is 0 Å². The van der Waals surface area contributed by atoms with Gasteiger partial charge in [-0.3, -0.25) is 9.59 Å². The van der Waals surface area contributed by atoms with Gasteiger partial charge >= 0.3 is 0 Å². The molecule has 0 aliphatic rings. The van der Waals surface area contributed by atoms with Gasteiger partial charge in [0.15, 0.2) is 0 Å². The number of amides is 1. The number of carbonyl (C=O) groups is 1. The molecule has 6 heteroatoms. The van der Waals surface area contributed by atoms with Crippen LogP contribution in [0.5, 0.6) is 0 Å². The van der Waals surface area contributed by atoms with E-state index in [2.05, 4.69) is 5.32 Å². The van der Waals surface area contributed by atoms with E-state index in [-0.39, 0.29) is 30.1 Å². The van der Waals surface area contributed by atoms with Crippen molar-refractivity contribution in [2.45, 2.75) is 13.0 Å².